The second kappa shape index (κ2) is 11.2. The van der Waals surface area contributed by atoms with Crippen molar-refractivity contribution >= 4 is 130 Å². The monoisotopic (exact) mass is 775 g/mol. The minimum absolute atomic E-state index is 0.0111. The van der Waals surface area contributed by atoms with E-state index in [0.29, 0.717) is 0 Å². The van der Waals surface area contributed by atoms with Crippen molar-refractivity contribution in [2.24, 2.45) is 101 Å². The highest BCUT2D eigenvalue weighted by Gasteiger charge is 2.40. The average molecular weight is 776 g/mol. The first kappa shape index (κ1) is 30.3. The lowest BCUT2D eigenvalue weighted by Gasteiger charge is -2.32. The van der Waals surface area contributed by atoms with Crippen molar-refractivity contribution in [1.29, 1.82) is 0 Å². The predicted octanol–water partition coefficient (Wildman–Crippen LogP) is -4.23. The molecule has 1 aromatic heterocycles. The van der Waals surface area contributed by atoms with Gasteiger partial charge in [-0.3, -0.25) is 16.0 Å². The van der Waals surface area contributed by atoms with Crippen LogP contribution in [0.25, 0.3) is 11.0 Å². The highest BCUT2D eigenvalue weighted by atomic mass is 32.1. The second-order valence-electron chi connectivity index (χ2n) is 11.7. The van der Waals surface area contributed by atoms with Gasteiger partial charge in [0.05, 0.1) is 18.3 Å². The molecule has 9 bridgehead atoms. The van der Waals surface area contributed by atoms with Crippen molar-refractivity contribution < 1.29 is 0 Å². The number of aromatic nitrogens is 2. The summed E-state index contributed by atoms with van der Waals surface area (Å²) in [5.41, 5.74) is 14.4. The van der Waals surface area contributed by atoms with Gasteiger partial charge < -0.3 is 16.8 Å². The van der Waals surface area contributed by atoms with Gasteiger partial charge in [0.2, 0.25) is 107 Å². The van der Waals surface area contributed by atoms with Crippen LogP contribution in [0.1, 0.15) is 5.56 Å². The van der Waals surface area contributed by atoms with Gasteiger partial charge in [-0.05, 0) is 18.2 Å². The highest BCUT2D eigenvalue weighted by Crippen LogP contribution is 2.21. The third-order valence-electron chi connectivity index (χ3n) is 8.03. The van der Waals surface area contributed by atoms with Crippen molar-refractivity contribution in [3.63, 3.8) is 0 Å². The molecule has 0 amide bonds. The number of hydrogen-bond donors (Lipinski definition) is 6. The molecule has 57 heavy (non-hydrogen) atoms. The molecule has 10 aliphatic heterocycles. The fraction of sp³-hybridized carbons (Fsp3) is 0.0370. The molecule has 30 heteroatoms. The third-order valence-corrected chi connectivity index (χ3v) is 8.59. The molecule has 2 aromatic rings. The van der Waals surface area contributed by atoms with Gasteiger partial charge in [0.1, 0.15) is 11.0 Å². The number of aliphatic imine (C=N–C) groups is 18. The minimum Gasteiger partial charge on any atom is -0.368 e. The van der Waals surface area contributed by atoms with Gasteiger partial charge in [0, 0.05) is 5.56 Å². The van der Waals surface area contributed by atoms with E-state index in [1.54, 1.807) is 0 Å². The average Bonchev–Trinajstić information content (AvgIpc) is 3.63. The first-order valence-corrected chi connectivity index (χ1v) is 16.9. The van der Waals surface area contributed by atoms with Gasteiger partial charge in [-0.1, -0.05) is 11.8 Å². The fourth-order valence-electron chi connectivity index (χ4n) is 5.73. The summed E-state index contributed by atoms with van der Waals surface area (Å²) in [6.07, 6.45) is 0. The van der Waals surface area contributed by atoms with E-state index in [1.807, 2.05) is 18.2 Å². The first-order chi connectivity index (χ1) is 27.9. The normalized spacial score (nSPS) is 21.5. The van der Waals surface area contributed by atoms with Crippen molar-refractivity contribution in [1.82, 2.24) is 44.7 Å². The Kier molecular flexibility index (Phi) is 5.95. The van der Waals surface area contributed by atoms with Crippen LogP contribution in [0.2, 0.25) is 0 Å². The van der Waals surface area contributed by atoms with E-state index in [2.05, 4.69) is 132 Å². The maximum Gasteiger partial charge on any atom is 0.246 e. The maximum atomic E-state index is 6.05. The Hall–Kier alpha value is -9.14. The summed E-state index contributed by atoms with van der Waals surface area (Å²) in [5, 5.41) is 12.0. The molecule has 0 fully saturated rings. The summed E-state index contributed by atoms with van der Waals surface area (Å²) in [6, 6.07) is 5.60. The van der Waals surface area contributed by atoms with E-state index in [1.165, 1.54) is 14.7 Å². The van der Waals surface area contributed by atoms with Gasteiger partial charge in [-0.25, -0.2) is 14.7 Å². The number of nitrogens with one attached hydrogen (secondary N) is 4. The minimum atomic E-state index is -0.117. The van der Waals surface area contributed by atoms with Gasteiger partial charge in [0.25, 0.3) is 0 Å². The van der Waals surface area contributed by atoms with Crippen molar-refractivity contribution in [3.05, 3.63) is 23.8 Å². The summed E-state index contributed by atoms with van der Waals surface area (Å²) >= 11 is 1.14. The van der Waals surface area contributed by atoms with Gasteiger partial charge in [-0.15, -0.1) is 0 Å². The maximum absolute atomic E-state index is 6.05. The molecular formula is C27H13N29S. The van der Waals surface area contributed by atoms with Crippen LogP contribution in [-0.4, -0.2) is 137 Å². The smallest absolute Gasteiger partial charge is 0.246 e. The molecule has 0 unspecified atom stereocenters. The zero-order chi connectivity index (χ0) is 37.8. The summed E-state index contributed by atoms with van der Waals surface area (Å²) in [6.45, 7) is 0.167. The third kappa shape index (κ3) is 5.03. The van der Waals surface area contributed by atoms with Crippen molar-refractivity contribution in [3.8, 4) is 11.8 Å². The van der Waals surface area contributed by atoms with Crippen LogP contribution in [0.15, 0.2) is 108 Å². The second-order valence-corrected chi connectivity index (χ2v) is 12.2. The zero-order valence-electron chi connectivity index (χ0n) is 27.8. The molecule has 29 nitrogen and oxygen atoms in total. The molecule has 0 spiro atoms. The summed E-state index contributed by atoms with van der Waals surface area (Å²) in [4.78, 5) is 84.8. The number of benzene rings is 1. The Morgan fingerprint density at radius 2 is 0.912 bits per heavy atom. The van der Waals surface area contributed by atoms with Crippen LogP contribution in [0.4, 0.5) is 0 Å². The van der Waals surface area contributed by atoms with E-state index in [4.69, 9.17) is 11.5 Å². The molecular weight excluding hydrogens is 763 g/mol. The summed E-state index contributed by atoms with van der Waals surface area (Å²) in [7, 11) is 0. The molecule has 12 rings (SSSR count). The number of hydrogen-bond acceptors (Lipinski definition) is 30. The highest BCUT2D eigenvalue weighted by molar-refractivity contribution is 7.00. The number of fused-ring (bicyclic) bond motifs is 4. The fourth-order valence-corrected chi connectivity index (χ4v) is 6.25. The van der Waals surface area contributed by atoms with E-state index < -0.39 is 0 Å². The quantitative estimate of drug-likeness (QED) is 0.151. The van der Waals surface area contributed by atoms with Crippen LogP contribution in [0, 0.1) is 11.8 Å². The van der Waals surface area contributed by atoms with Crippen LogP contribution < -0.4 is 32.7 Å². The lowest BCUT2D eigenvalue weighted by molar-refractivity contribution is 0.806. The molecule has 8 N–H and O–H groups in total. The molecule has 272 valence electrons. The number of guanidine groups is 18. The van der Waals surface area contributed by atoms with Crippen LogP contribution in [-0.2, 0) is 0 Å². The standard InChI is InChI=1S/C27H13N29S/c28-10-31-19-40-13-35-14-41-20-32-11(29)34-22-43-16(49-26(47-14)55(20)22)37-18-45-24-39-12(30-5-1-2-7-3-4-8-9(6-7)53-57-52-8)38-23-44-17(50-27(51-18)56(23)24)36-15-42-21(33-10)54(19)25(46-13)48-15/h3-4,6H,5H2,(H8,28,29,30,31,32,33,34,35,36,37,38,39,40,41,42,43,44,45,46,47,48,49,50,51). The molecule has 0 radical (unpaired) electrons. The van der Waals surface area contributed by atoms with Crippen molar-refractivity contribution in [2.75, 3.05) is 6.54 Å². The molecule has 11 heterocycles. The number of nitrogens with zero attached hydrogens (tertiary/aromatic N) is 23. The van der Waals surface area contributed by atoms with E-state index in [9.17, 15) is 0 Å². The number of nitrogens with two attached hydrogens (primary N) is 2. The lowest BCUT2D eigenvalue weighted by atomic mass is 10.2. The van der Waals surface area contributed by atoms with Crippen LogP contribution in [0.5, 0.6) is 0 Å². The molecule has 1 aromatic carbocycles. The van der Waals surface area contributed by atoms with Crippen LogP contribution >= 0.6 is 11.7 Å². The largest absolute Gasteiger partial charge is 0.368 e. The Balaban J connectivity index is 0.962. The topological polar surface area (TPSA) is 358 Å². The van der Waals surface area contributed by atoms with Gasteiger partial charge in [-0.2, -0.15) is 98.6 Å². The van der Waals surface area contributed by atoms with Gasteiger partial charge >= 0.3 is 0 Å². The molecule has 0 saturated heterocycles. The Morgan fingerprint density at radius 1 is 0.491 bits per heavy atom. The van der Waals surface area contributed by atoms with Crippen LogP contribution in [0.3, 0.4) is 0 Å². The van der Waals surface area contributed by atoms with E-state index in [0.717, 1.165) is 28.3 Å². The molecule has 0 atom stereocenters. The summed E-state index contributed by atoms with van der Waals surface area (Å²) < 4.78 is 8.50. The van der Waals surface area contributed by atoms with E-state index >= 15 is 0 Å². The molecule has 0 saturated carbocycles. The molecule has 0 aliphatic carbocycles. The van der Waals surface area contributed by atoms with Crippen molar-refractivity contribution in [2.45, 2.75) is 0 Å². The Morgan fingerprint density at radius 3 is 1.42 bits per heavy atom. The van der Waals surface area contributed by atoms with E-state index in [-0.39, 0.29) is 114 Å². The number of rotatable bonds is 1. The zero-order valence-corrected chi connectivity index (χ0v) is 28.6. The Labute approximate surface area is 317 Å². The first-order valence-electron chi connectivity index (χ1n) is 16.1. The lowest BCUT2D eigenvalue weighted by Crippen LogP contribution is -2.54. The summed E-state index contributed by atoms with van der Waals surface area (Å²) in [5.74, 6) is 6.65. The predicted molar refractivity (Wildman–Crippen MR) is 209 cm³/mol. The molecule has 10 aliphatic rings. The van der Waals surface area contributed by atoms with Gasteiger partial charge in [0.15, 0.2) is 0 Å². The Bertz CT molecular complexity index is 2950. The SMILES string of the molecule is NC1=NC2=NC3=NC4=NC(=NC(=N1)N24)NC1=NC2=NC(NCC#Cc4ccc5nsnc5c4)=NC4=NC(=NC(=N1)N24)NC1=NC2=NC(N)=NC4=NC(=NC(=N1)N24)N3.